The predicted octanol–water partition coefficient (Wildman–Crippen LogP) is 1.00. The SMILES string of the molecule is O=C(O)c1n[nH]cc1CBr. The van der Waals surface area contributed by atoms with E-state index in [4.69, 9.17) is 5.11 Å². The third-order valence-corrected chi connectivity index (χ3v) is 1.67. The molecule has 1 heterocycles. The van der Waals surface area contributed by atoms with Crippen molar-refractivity contribution >= 4 is 21.9 Å². The monoisotopic (exact) mass is 204 g/mol. The third-order valence-electron chi connectivity index (χ3n) is 1.07. The van der Waals surface area contributed by atoms with Gasteiger partial charge in [-0.3, -0.25) is 5.10 Å². The van der Waals surface area contributed by atoms with E-state index in [0.717, 1.165) is 0 Å². The van der Waals surface area contributed by atoms with Crippen molar-refractivity contribution < 1.29 is 9.90 Å². The van der Waals surface area contributed by atoms with E-state index in [9.17, 15) is 4.79 Å². The molecule has 54 valence electrons. The van der Waals surface area contributed by atoms with Gasteiger partial charge in [0.2, 0.25) is 0 Å². The second-order valence-electron chi connectivity index (χ2n) is 1.70. The van der Waals surface area contributed by atoms with E-state index in [-0.39, 0.29) is 5.69 Å². The van der Waals surface area contributed by atoms with Crippen LogP contribution < -0.4 is 0 Å². The van der Waals surface area contributed by atoms with Crippen molar-refractivity contribution in [2.45, 2.75) is 5.33 Å². The Morgan fingerprint density at radius 2 is 2.60 bits per heavy atom. The summed E-state index contributed by atoms with van der Waals surface area (Å²) < 4.78 is 0. The molecule has 1 rings (SSSR count). The lowest BCUT2D eigenvalue weighted by atomic mass is 10.3. The quantitative estimate of drug-likeness (QED) is 0.707. The minimum atomic E-state index is -1.00. The largest absolute Gasteiger partial charge is 0.476 e. The molecule has 10 heavy (non-hydrogen) atoms. The van der Waals surface area contributed by atoms with Gasteiger partial charge in [0.05, 0.1) is 0 Å². The second kappa shape index (κ2) is 2.83. The van der Waals surface area contributed by atoms with E-state index in [2.05, 4.69) is 26.1 Å². The zero-order chi connectivity index (χ0) is 7.56. The first-order chi connectivity index (χ1) is 4.75. The Morgan fingerprint density at radius 1 is 1.90 bits per heavy atom. The van der Waals surface area contributed by atoms with Gasteiger partial charge in [0, 0.05) is 17.1 Å². The van der Waals surface area contributed by atoms with E-state index in [0.29, 0.717) is 10.9 Å². The van der Waals surface area contributed by atoms with Crippen LogP contribution in [0.5, 0.6) is 0 Å². The summed E-state index contributed by atoms with van der Waals surface area (Å²) in [5, 5.41) is 15.0. The molecule has 0 aromatic carbocycles. The van der Waals surface area contributed by atoms with Gasteiger partial charge < -0.3 is 5.11 Å². The zero-order valence-electron chi connectivity index (χ0n) is 4.97. The summed E-state index contributed by atoms with van der Waals surface area (Å²) in [4.78, 5) is 10.3. The number of aromatic carboxylic acids is 1. The van der Waals surface area contributed by atoms with Gasteiger partial charge in [-0.15, -0.1) is 0 Å². The molecule has 0 saturated carbocycles. The number of nitrogens with one attached hydrogen (secondary N) is 1. The van der Waals surface area contributed by atoms with Crippen LogP contribution in [0.25, 0.3) is 0 Å². The number of hydrogen-bond donors (Lipinski definition) is 2. The Morgan fingerprint density at radius 3 is 3.00 bits per heavy atom. The number of carboxylic acid groups (broad SMARTS) is 1. The number of carbonyl (C=O) groups is 1. The van der Waals surface area contributed by atoms with Crippen molar-refractivity contribution in [2.75, 3.05) is 0 Å². The van der Waals surface area contributed by atoms with E-state index in [1.165, 1.54) is 0 Å². The van der Waals surface area contributed by atoms with Gasteiger partial charge in [0.25, 0.3) is 0 Å². The lowest BCUT2D eigenvalue weighted by Gasteiger charge is -1.88. The van der Waals surface area contributed by atoms with Crippen LogP contribution in [0.1, 0.15) is 16.1 Å². The number of hydrogen-bond acceptors (Lipinski definition) is 2. The molecule has 0 aliphatic heterocycles. The van der Waals surface area contributed by atoms with Crippen LogP contribution in [-0.4, -0.2) is 21.3 Å². The fourth-order valence-corrected chi connectivity index (χ4v) is 1.03. The highest BCUT2D eigenvalue weighted by Gasteiger charge is 2.10. The van der Waals surface area contributed by atoms with Gasteiger partial charge in [-0.25, -0.2) is 4.79 Å². The van der Waals surface area contributed by atoms with Gasteiger partial charge in [-0.1, -0.05) is 15.9 Å². The molecule has 0 bridgehead atoms. The predicted molar refractivity (Wildman–Crippen MR) is 38.2 cm³/mol. The molecule has 0 fully saturated rings. The molecule has 2 N–H and O–H groups in total. The summed E-state index contributed by atoms with van der Waals surface area (Å²) in [6.45, 7) is 0. The van der Waals surface area contributed by atoms with Crippen LogP contribution >= 0.6 is 15.9 Å². The van der Waals surface area contributed by atoms with Gasteiger partial charge in [-0.05, 0) is 0 Å². The van der Waals surface area contributed by atoms with Crippen LogP contribution in [0, 0.1) is 0 Å². The maximum atomic E-state index is 10.3. The smallest absolute Gasteiger partial charge is 0.356 e. The van der Waals surface area contributed by atoms with Gasteiger partial charge in [0.1, 0.15) is 0 Å². The highest BCUT2D eigenvalue weighted by atomic mass is 79.9. The third kappa shape index (κ3) is 1.18. The standard InChI is InChI=1S/C5H5BrN2O2/c6-1-3-2-7-8-4(3)5(9)10/h2H,1H2,(H,7,8)(H,9,10). The molecule has 0 spiro atoms. The Balaban J connectivity index is 3.01. The maximum Gasteiger partial charge on any atom is 0.356 e. The number of halogens is 1. The van der Waals surface area contributed by atoms with Crippen LogP contribution in [0.3, 0.4) is 0 Å². The molecule has 0 radical (unpaired) electrons. The van der Waals surface area contributed by atoms with Crippen molar-refractivity contribution in [3.05, 3.63) is 17.5 Å². The number of aromatic nitrogens is 2. The summed E-state index contributed by atoms with van der Waals surface area (Å²) in [6, 6.07) is 0. The van der Waals surface area contributed by atoms with E-state index < -0.39 is 5.97 Å². The van der Waals surface area contributed by atoms with Gasteiger partial charge in [-0.2, -0.15) is 5.10 Å². The molecule has 0 saturated heterocycles. The lowest BCUT2D eigenvalue weighted by Crippen LogP contribution is -1.99. The Bertz CT molecular complexity index is 246. The first kappa shape index (κ1) is 7.27. The molecule has 1 aromatic rings. The molecule has 4 nitrogen and oxygen atoms in total. The van der Waals surface area contributed by atoms with Crippen LogP contribution in [0.2, 0.25) is 0 Å². The normalized spacial score (nSPS) is 9.70. The molecular weight excluding hydrogens is 200 g/mol. The number of alkyl halides is 1. The van der Waals surface area contributed by atoms with Crippen LogP contribution in [0.15, 0.2) is 6.20 Å². The lowest BCUT2D eigenvalue weighted by molar-refractivity contribution is 0.0689. The van der Waals surface area contributed by atoms with Gasteiger partial charge in [0.15, 0.2) is 5.69 Å². The number of nitrogens with zero attached hydrogens (tertiary/aromatic N) is 1. The first-order valence-corrected chi connectivity index (χ1v) is 3.69. The minimum Gasteiger partial charge on any atom is -0.476 e. The van der Waals surface area contributed by atoms with E-state index in [1.807, 2.05) is 0 Å². The number of carboxylic acids is 1. The van der Waals surface area contributed by atoms with Crippen molar-refractivity contribution in [3.8, 4) is 0 Å². The van der Waals surface area contributed by atoms with E-state index in [1.54, 1.807) is 6.20 Å². The Labute approximate surface area is 65.4 Å². The first-order valence-electron chi connectivity index (χ1n) is 2.57. The summed E-state index contributed by atoms with van der Waals surface area (Å²) >= 11 is 3.13. The number of aromatic amines is 1. The molecule has 0 amide bonds. The molecule has 5 heteroatoms. The summed E-state index contributed by atoms with van der Waals surface area (Å²) in [5.74, 6) is -1.00. The zero-order valence-corrected chi connectivity index (χ0v) is 6.55. The van der Waals surface area contributed by atoms with Crippen molar-refractivity contribution in [3.63, 3.8) is 0 Å². The highest BCUT2D eigenvalue weighted by molar-refractivity contribution is 9.08. The van der Waals surface area contributed by atoms with Crippen molar-refractivity contribution in [2.24, 2.45) is 0 Å². The Hall–Kier alpha value is -0.840. The fraction of sp³-hybridized carbons (Fsp3) is 0.200. The van der Waals surface area contributed by atoms with Crippen LogP contribution in [0.4, 0.5) is 0 Å². The molecule has 0 aliphatic carbocycles. The average molecular weight is 205 g/mol. The Kier molecular flexibility index (Phi) is 2.06. The molecular formula is C5H5BrN2O2. The minimum absolute atomic E-state index is 0.0804. The summed E-state index contributed by atoms with van der Waals surface area (Å²) in [5.41, 5.74) is 0.740. The second-order valence-corrected chi connectivity index (χ2v) is 2.26. The van der Waals surface area contributed by atoms with E-state index >= 15 is 0 Å². The number of rotatable bonds is 2. The summed E-state index contributed by atoms with van der Waals surface area (Å²) in [7, 11) is 0. The molecule has 0 atom stereocenters. The van der Waals surface area contributed by atoms with Crippen molar-refractivity contribution in [1.82, 2.24) is 10.2 Å². The summed E-state index contributed by atoms with van der Waals surface area (Å²) in [6.07, 6.45) is 1.55. The highest BCUT2D eigenvalue weighted by Crippen LogP contribution is 2.08. The van der Waals surface area contributed by atoms with Gasteiger partial charge >= 0.3 is 5.97 Å². The van der Waals surface area contributed by atoms with Crippen LogP contribution in [-0.2, 0) is 5.33 Å². The molecule has 0 unspecified atom stereocenters. The maximum absolute atomic E-state index is 10.3. The average Bonchev–Trinajstić information content (AvgIpc) is 2.33. The number of H-pyrrole nitrogens is 1. The van der Waals surface area contributed by atoms with Crippen molar-refractivity contribution in [1.29, 1.82) is 0 Å². The fourth-order valence-electron chi connectivity index (χ4n) is 0.602. The topological polar surface area (TPSA) is 66.0 Å². The molecule has 1 aromatic heterocycles. The molecule has 0 aliphatic rings.